The van der Waals surface area contributed by atoms with Gasteiger partial charge in [0.2, 0.25) is 0 Å². The van der Waals surface area contributed by atoms with Crippen LogP contribution in [0, 0.1) is 12.7 Å². The summed E-state index contributed by atoms with van der Waals surface area (Å²) < 4.78 is 42.7. The fraction of sp³-hybridized carbons (Fsp3) is 0.133. The number of nitrogens with one attached hydrogen (secondary N) is 1. The molecule has 2 heterocycles. The van der Waals surface area contributed by atoms with Gasteiger partial charge in [0.25, 0.3) is 10.0 Å². The molecule has 0 spiro atoms. The molecule has 120 valence electrons. The van der Waals surface area contributed by atoms with E-state index < -0.39 is 15.8 Å². The van der Waals surface area contributed by atoms with Gasteiger partial charge in [-0.1, -0.05) is 6.07 Å². The van der Waals surface area contributed by atoms with Crippen LogP contribution in [0.2, 0.25) is 0 Å². The van der Waals surface area contributed by atoms with E-state index in [-0.39, 0.29) is 9.90 Å². The number of hydrogen-bond acceptors (Lipinski definition) is 4. The van der Waals surface area contributed by atoms with Crippen LogP contribution in [0.25, 0.3) is 11.3 Å². The first-order valence-corrected chi connectivity index (χ1v) is 9.09. The molecule has 5 nitrogen and oxygen atoms in total. The zero-order valence-electron chi connectivity index (χ0n) is 12.4. The van der Waals surface area contributed by atoms with Gasteiger partial charge in [0.1, 0.15) is 10.0 Å². The van der Waals surface area contributed by atoms with Crippen molar-refractivity contribution in [2.24, 2.45) is 7.05 Å². The summed E-state index contributed by atoms with van der Waals surface area (Å²) >= 11 is 1.08. The number of halogens is 1. The predicted molar refractivity (Wildman–Crippen MR) is 88.5 cm³/mol. The van der Waals surface area contributed by atoms with Gasteiger partial charge >= 0.3 is 0 Å². The quantitative estimate of drug-likeness (QED) is 0.783. The van der Waals surface area contributed by atoms with E-state index in [0.717, 1.165) is 28.2 Å². The SMILES string of the molecule is Cc1ccc(NS(=O)(=O)c2cc(-c3ccnn3C)cs2)c(F)c1. The van der Waals surface area contributed by atoms with E-state index in [9.17, 15) is 12.8 Å². The number of rotatable bonds is 4. The molecule has 0 aliphatic rings. The fourth-order valence-electron chi connectivity index (χ4n) is 2.15. The number of anilines is 1. The van der Waals surface area contributed by atoms with Crippen LogP contribution in [0.15, 0.2) is 46.1 Å². The summed E-state index contributed by atoms with van der Waals surface area (Å²) in [5.74, 6) is -0.600. The lowest BCUT2D eigenvalue weighted by atomic mass is 10.2. The minimum Gasteiger partial charge on any atom is -0.276 e. The van der Waals surface area contributed by atoms with Crippen LogP contribution in [0.3, 0.4) is 0 Å². The smallest absolute Gasteiger partial charge is 0.271 e. The average Bonchev–Trinajstić information content (AvgIpc) is 3.10. The van der Waals surface area contributed by atoms with Crippen molar-refractivity contribution in [3.8, 4) is 11.3 Å². The minimum atomic E-state index is -3.83. The van der Waals surface area contributed by atoms with E-state index in [0.29, 0.717) is 0 Å². The first kappa shape index (κ1) is 15.7. The summed E-state index contributed by atoms with van der Waals surface area (Å²) in [6, 6.07) is 7.70. The molecule has 0 radical (unpaired) electrons. The van der Waals surface area contributed by atoms with Gasteiger partial charge in [-0.25, -0.2) is 12.8 Å². The molecule has 0 unspecified atom stereocenters. The summed E-state index contributed by atoms with van der Waals surface area (Å²) in [5, 5.41) is 5.79. The maximum atomic E-state index is 13.8. The van der Waals surface area contributed by atoms with Crippen LogP contribution >= 0.6 is 11.3 Å². The van der Waals surface area contributed by atoms with E-state index in [1.54, 1.807) is 48.4 Å². The van der Waals surface area contributed by atoms with Crippen molar-refractivity contribution >= 4 is 27.0 Å². The molecule has 2 aromatic heterocycles. The fourth-order valence-corrected chi connectivity index (χ4v) is 4.39. The molecule has 0 saturated carbocycles. The number of nitrogens with zero attached hydrogens (tertiary/aromatic N) is 2. The molecule has 0 saturated heterocycles. The number of hydrogen-bond donors (Lipinski definition) is 1. The topological polar surface area (TPSA) is 64.0 Å². The van der Waals surface area contributed by atoms with Crippen molar-refractivity contribution in [3.05, 3.63) is 53.3 Å². The Balaban J connectivity index is 1.91. The Labute approximate surface area is 137 Å². The Hall–Kier alpha value is -2.19. The van der Waals surface area contributed by atoms with Crippen LogP contribution in [-0.4, -0.2) is 18.2 Å². The molecule has 3 aromatic rings. The average molecular weight is 351 g/mol. The molecule has 1 N–H and O–H groups in total. The Morgan fingerprint density at radius 1 is 1.26 bits per heavy atom. The third-order valence-electron chi connectivity index (χ3n) is 3.33. The van der Waals surface area contributed by atoms with Crippen LogP contribution < -0.4 is 4.72 Å². The lowest BCUT2D eigenvalue weighted by Crippen LogP contribution is -2.12. The largest absolute Gasteiger partial charge is 0.276 e. The molecule has 23 heavy (non-hydrogen) atoms. The molecule has 0 fully saturated rings. The molecular weight excluding hydrogens is 337 g/mol. The number of benzene rings is 1. The first-order valence-electron chi connectivity index (χ1n) is 6.73. The number of sulfonamides is 1. The van der Waals surface area contributed by atoms with E-state index in [4.69, 9.17) is 0 Å². The van der Waals surface area contributed by atoms with Crippen molar-refractivity contribution < 1.29 is 12.8 Å². The molecule has 0 aliphatic heterocycles. The number of aromatic nitrogens is 2. The van der Waals surface area contributed by atoms with Crippen molar-refractivity contribution in [2.45, 2.75) is 11.1 Å². The first-order chi connectivity index (χ1) is 10.9. The summed E-state index contributed by atoms with van der Waals surface area (Å²) in [6.07, 6.45) is 1.64. The highest BCUT2D eigenvalue weighted by molar-refractivity contribution is 7.94. The van der Waals surface area contributed by atoms with Gasteiger partial charge in [0.05, 0.1) is 11.4 Å². The molecule has 8 heteroatoms. The third kappa shape index (κ3) is 3.13. The molecule has 0 atom stereocenters. The molecular formula is C15H14FN3O2S2. The predicted octanol–water partition coefficient (Wildman–Crippen LogP) is 3.40. The minimum absolute atomic E-state index is 0.0638. The third-order valence-corrected chi connectivity index (χ3v) is 6.13. The second kappa shape index (κ2) is 5.78. The van der Waals surface area contributed by atoms with Crippen molar-refractivity contribution in [1.82, 2.24) is 9.78 Å². The zero-order valence-corrected chi connectivity index (χ0v) is 14.1. The van der Waals surface area contributed by atoms with Crippen LogP contribution in [-0.2, 0) is 17.1 Å². The lowest BCUT2D eigenvalue weighted by molar-refractivity contribution is 0.600. The molecule has 3 rings (SSSR count). The van der Waals surface area contributed by atoms with E-state index in [1.165, 1.54) is 12.1 Å². The highest BCUT2D eigenvalue weighted by Crippen LogP contribution is 2.29. The second-order valence-electron chi connectivity index (χ2n) is 5.08. The van der Waals surface area contributed by atoms with Gasteiger partial charge in [-0.3, -0.25) is 9.40 Å². The standard InChI is InChI=1S/C15H14FN3O2S2/c1-10-3-4-13(12(16)7-10)18-23(20,21)15-8-11(9-22-15)14-5-6-17-19(14)2/h3-9,18H,1-2H3. The number of aryl methyl sites for hydroxylation is 2. The summed E-state index contributed by atoms with van der Waals surface area (Å²) in [5.41, 5.74) is 2.22. The van der Waals surface area contributed by atoms with Crippen LogP contribution in [0.5, 0.6) is 0 Å². The monoisotopic (exact) mass is 351 g/mol. The van der Waals surface area contributed by atoms with Gasteiger partial charge < -0.3 is 0 Å². The van der Waals surface area contributed by atoms with Crippen molar-refractivity contribution in [3.63, 3.8) is 0 Å². The maximum Gasteiger partial charge on any atom is 0.271 e. The Bertz CT molecular complexity index is 961. The van der Waals surface area contributed by atoms with Gasteiger partial charge in [-0.05, 0) is 36.8 Å². The van der Waals surface area contributed by atoms with E-state index in [1.807, 2.05) is 0 Å². The number of thiophene rings is 1. The molecule has 0 aliphatic carbocycles. The van der Waals surface area contributed by atoms with Crippen LogP contribution in [0.4, 0.5) is 10.1 Å². The summed E-state index contributed by atoms with van der Waals surface area (Å²) in [6.45, 7) is 1.74. The normalized spacial score (nSPS) is 11.6. The van der Waals surface area contributed by atoms with Gasteiger partial charge in [0, 0.05) is 24.2 Å². The highest BCUT2D eigenvalue weighted by atomic mass is 32.2. The Morgan fingerprint density at radius 3 is 2.70 bits per heavy atom. The highest BCUT2D eigenvalue weighted by Gasteiger charge is 2.19. The second-order valence-corrected chi connectivity index (χ2v) is 7.90. The lowest BCUT2D eigenvalue weighted by Gasteiger charge is -2.07. The maximum absolute atomic E-state index is 13.8. The van der Waals surface area contributed by atoms with Gasteiger partial charge in [-0.2, -0.15) is 5.10 Å². The van der Waals surface area contributed by atoms with E-state index >= 15 is 0 Å². The van der Waals surface area contributed by atoms with Gasteiger partial charge in [-0.15, -0.1) is 11.3 Å². The Kier molecular flexibility index (Phi) is 3.95. The van der Waals surface area contributed by atoms with Crippen molar-refractivity contribution in [1.29, 1.82) is 0 Å². The van der Waals surface area contributed by atoms with Gasteiger partial charge in [0.15, 0.2) is 0 Å². The van der Waals surface area contributed by atoms with Crippen molar-refractivity contribution in [2.75, 3.05) is 4.72 Å². The summed E-state index contributed by atoms with van der Waals surface area (Å²) in [7, 11) is -2.05. The van der Waals surface area contributed by atoms with E-state index in [2.05, 4.69) is 9.82 Å². The Morgan fingerprint density at radius 2 is 2.04 bits per heavy atom. The molecule has 0 bridgehead atoms. The zero-order chi connectivity index (χ0) is 16.6. The van der Waals surface area contributed by atoms with Crippen LogP contribution in [0.1, 0.15) is 5.56 Å². The molecule has 1 aromatic carbocycles. The molecule has 0 amide bonds. The summed E-state index contributed by atoms with van der Waals surface area (Å²) in [4.78, 5) is 0.